The smallest absolute Gasteiger partial charge is 0.179 e. The van der Waals surface area contributed by atoms with Crippen molar-refractivity contribution in [3.63, 3.8) is 0 Å². The van der Waals surface area contributed by atoms with E-state index in [9.17, 15) is 4.79 Å². The fourth-order valence-electron chi connectivity index (χ4n) is 1.67. The standard InChI is InChI=1S/C12H13ClO3/c1-8(14)5-9-6-10(13)12-11(7-9)15-3-2-4-16-12/h6-7H,2-5H2,1H3. The molecule has 0 spiro atoms. The van der Waals surface area contributed by atoms with E-state index in [1.807, 2.05) is 6.07 Å². The van der Waals surface area contributed by atoms with Gasteiger partial charge in [0.05, 0.1) is 18.2 Å². The summed E-state index contributed by atoms with van der Waals surface area (Å²) < 4.78 is 11.0. The van der Waals surface area contributed by atoms with Gasteiger partial charge in [0, 0.05) is 12.8 Å². The van der Waals surface area contributed by atoms with E-state index in [0.29, 0.717) is 36.2 Å². The highest BCUT2D eigenvalue weighted by Gasteiger charge is 2.15. The van der Waals surface area contributed by atoms with Crippen LogP contribution in [0.5, 0.6) is 11.5 Å². The van der Waals surface area contributed by atoms with E-state index in [4.69, 9.17) is 21.1 Å². The average molecular weight is 241 g/mol. The number of ether oxygens (including phenoxy) is 2. The van der Waals surface area contributed by atoms with Crippen LogP contribution in [-0.2, 0) is 11.2 Å². The van der Waals surface area contributed by atoms with Gasteiger partial charge in [-0.3, -0.25) is 4.79 Å². The van der Waals surface area contributed by atoms with Gasteiger partial charge in [0.25, 0.3) is 0 Å². The van der Waals surface area contributed by atoms with Crippen LogP contribution in [0.4, 0.5) is 0 Å². The van der Waals surface area contributed by atoms with E-state index in [2.05, 4.69) is 0 Å². The molecule has 1 heterocycles. The van der Waals surface area contributed by atoms with Crippen molar-refractivity contribution < 1.29 is 14.3 Å². The van der Waals surface area contributed by atoms with Gasteiger partial charge >= 0.3 is 0 Å². The monoisotopic (exact) mass is 240 g/mol. The maximum atomic E-state index is 11.0. The predicted octanol–water partition coefficient (Wildman–Crippen LogP) is 2.63. The normalized spacial score (nSPS) is 14.4. The lowest BCUT2D eigenvalue weighted by Crippen LogP contribution is -1.99. The van der Waals surface area contributed by atoms with Crippen LogP contribution in [0.2, 0.25) is 5.02 Å². The summed E-state index contributed by atoms with van der Waals surface area (Å²) in [6.45, 7) is 2.78. The number of carbonyl (C=O) groups is 1. The Morgan fingerprint density at radius 1 is 1.38 bits per heavy atom. The minimum Gasteiger partial charge on any atom is -0.489 e. The third-order valence-corrected chi connectivity index (χ3v) is 2.60. The van der Waals surface area contributed by atoms with Gasteiger partial charge < -0.3 is 9.47 Å². The first-order chi connectivity index (χ1) is 7.66. The van der Waals surface area contributed by atoms with Crippen LogP contribution in [-0.4, -0.2) is 19.0 Å². The van der Waals surface area contributed by atoms with Gasteiger partial charge in [0.15, 0.2) is 11.5 Å². The van der Waals surface area contributed by atoms with E-state index in [1.165, 1.54) is 0 Å². The summed E-state index contributed by atoms with van der Waals surface area (Å²) >= 11 is 6.09. The van der Waals surface area contributed by atoms with Gasteiger partial charge in [0.1, 0.15) is 5.78 Å². The second kappa shape index (κ2) is 4.74. The number of hydrogen-bond donors (Lipinski definition) is 0. The predicted molar refractivity (Wildman–Crippen MR) is 61.4 cm³/mol. The van der Waals surface area contributed by atoms with Crippen molar-refractivity contribution in [2.24, 2.45) is 0 Å². The average Bonchev–Trinajstić information content (AvgIpc) is 2.41. The topological polar surface area (TPSA) is 35.5 Å². The van der Waals surface area contributed by atoms with Gasteiger partial charge in [-0.25, -0.2) is 0 Å². The Hall–Kier alpha value is -1.22. The zero-order chi connectivity index (χ0) is 11.5. The lowest BCUT2D eigenvalue weighted by atomic mass is 10.1. The first-order valence-corrected chi connectivity index (χ1v) is 5.62. The Morgan fingerprint density at radius 2 is 2.12 bits per heavy atom. The molecule has 0 fully saturated rings. The van der Waals surface area contributed by atoms with Crippen molar-refractivity contribution in [3.8, 4) is 11.5 Å². The molecule has 2 rings (SSSR count). The van der Waals surface area contributed by atoms with Crippen molar-refractivity contribution >= 4 is 17.4 Å². The van der Waals surface area contributed by atoms with Gasteiger partial charge in [-0.05, 0) is 24.6 Å². The molecule has 0 saturated heterocycles. The van der Waals surface area contributed by atoms with Crippen LogP contribution in [0, 0.1) is 0 Å². The molecule has 4 heteroatoms. The summed E-state index contributed by atoms with van der Waals surface area (Å²) in [7, 11) is 0. The van der Waals surface area contributed by atoms with Crippen LogP contribution in [0.1, 0.15) is 18.9 Å². The molecule has 1 aromatic rings. The molecule has 0 N–H and O–H groups in total. The SMILES string of the molecule is CC(=O)Cc1cc(Cl)c2c(c1)OCCCO2. The molecule has 1 aliphatic heterocycles. The molecule has 0 radical (unpaired) electrons. The summed E-state index contributed by atoms with van der Waals surface area (Å²) in [4.78, 5) is 11.0. The van der Waals surface area contributed by atoms with Gasteiger partial charge in [-0.2, -0.15) is 0 Å². The number of carbonyl (C=O) groups excluding carboxylic acids is 1. The third-order valence-electron chi connectivity index (χ3n) is 2.32. The molecule has 0 unspecified atom stereocenters. The molecule has 0 aromatic heterocycles. The minimum absolute atomic E-state index is 0.102. The number of hydrogen-bond acceptors (Lipinski definition) is 3. The molecule has 0 aliphatic carbocycles. The molecular weight excluding hydrogens is 228 g/mol. The van der Waals surface area contributed by atoms with E-state index < -0.39 is 0 Å². The first-order valence-electron chi connectivity index (χ1n) is 5.24. The lowest BCUT2D eigenvalue weighted by Gasteiger charge is -2.10. The van der Waals surface area contributed by atoms with E-state index in [-0.39, 0.29) is 5.78 Å². The maximum Gasteiger partial charge on any atom is 0.179 e. The Labute approximate surface area is 99.3 Å². The zero-order valence-corrected chi connectivity index (χ0v) is 9.84. The maximum absolute atomic E-state index is 11.0. The summed E-state index contributed by atoms with van der Waals surface area (Å²) in [5.74, 6) is 1.33. The summed E-state index contributed by atoms with van der Waals surface area (Å²) in [5, 5.41) is 0.510. The van der Waals surface area contributed by atoms with Crippen LogP contribution >= 0.6 is 11.6 Å². The molecule has 0 amide bonds. The second-order valence-corrected chi connectivity index (χ2v) is 4.24. The number of fused-ring (bicyclic) bond motifs is 1. The third kappa shape index (κ3) is 2.47. The highest BCUT2D eigenvalue weighted by Crippen LogP contribution is 2.38. The minimum atomic E-state index is 0.102. The number of halogens is 1. The van der Waals surface area contributed by atoms with Crippen molar-refractivity contribution in [1.29, 1.82) is 0 Å². The van der Waals surface area contributed by atoms with E-state index in [1.54, 1.807) is 13.0 Å². The van der Waals surface area contributed by atoms with Crippen LogP contribution in [0.3, 0.4) is 0 Å². The zero-order valence-electron chi connectivity index (χ0n) is 9.09. The number of rotatable bonds is 2. The Kier molecular flexibility index (Phi) is 3.34. The van der Waals surface area contributed by atoms with Crippen LogP contribution < -0.4 is 9.47 Å². The molecule has 16 heavy (non-hydrogen) atoms. The second-order valence-electron chi connectivity index (χ2n) is 3.83. The summed E-state index contributed by atoms with van der Waals surface area (Å²) in [6, 6.07) is 3.59. The molecule has 3 nitrogen and oxygen atoms in total. The quantitative estimate of drug-likeness (QED) is 0.797. The Bertz CT molecular complexity index is 415. The fraction of sp³-hybridized carbons (Fsp3) is 0.417. The lowest BCUT2D eigenvalue weighted by molar-refractivity contribution is -0.116. The highest BCUT2D eigenvalue weighted by atomic mass is 35.5. The summed E-state index contributed by atoms with van der Waals surface area (Å²) in [5.41, 5.74) is 0.863. The number of benzene rings is 1. The molecule has 1 aromatic carbocycles. The van der Waals surface area contributed by atoms with Gasteiger partial charge in [0.2, 0.25) is 0 Å². The number of ketones is 1. The largest absolute Gasteiger partial charge is 0.489 e. The molecule has 0 bridgehead atoms. The van der Waals surface area contributed by atoms with Crippen molar-refractivity contribution in [1.82, 2.24) is 0 Å². The first kappa shape index (κ1) is 11.3. The van der Waals surface area contributed by atoms with E-state index in [0.717, 1.165) is 12.0 Å². The molecule has 1 aliphatic rings. The molecule has 86 valence electrons. The van der Waals surface area contributed by atoms with Crippen molar-refractivity contribution in [2.45, 2.75) is 19.8 Å². The Balaban J connectivity index is 2.35. The molecular formula is C12H13ClO3. The van der Waals surface area contributed by atoms with E-state index >= 15 is 0 Å². The summed E-state index contributed by atoms with van der Waals surface area (Å²) in [6.07, 6.45) is 1.21. The van der Waals surface area contributed by atoms with Crippen molar-refractivity contribution in [2.75, 3.05) is 13.2 Å². The molecule has 0 atom stereocenters. The number of Topliss-reactive ketones (excluding diaryl/α,β-unsaturated/α-hetero) is 1. The van der Waals surface area contributed by atoms with Crippen LogP contribution in [0.25, 0.3) is 0 Å². The van der Waals surface area contributed by atoms with Gasteiger partial charge in [-0.15, -0.1) is 0 Å². The Morgan fingerprint density at radius 3 is 2.88 bits per heavy atom. The fourth-order valence-corrected chi connectivity index (χ4v) is 1.96. The van der Waals surface area contributed by atoms with Crippen LogP contribution in [0.15, 0.2) is 12.1 Å². The molecule has 0 saturated carbocycles. The van der Waals surface area contributed by atoms with Crippen molar-refractivity contribution in [3.05, 3.63) is 22.7 Å². The highest BCUT2D eigenvalue weighted by molar-refractivity contribution is 6.32. The van der Waals surface area contributed by atoms with Gasteiger partial charge in [-0.1, -0.05) is 11.6 Å².